The molecule has 8 heteroatoms. The SMILES string of the molecule is Cc1nc(N2CCN(c3ccc(C(N)=O)nn3)CC2)sc1C. The molecule has 3 heterocycles. The van der Waals surface area contributed by atoms with E-state index in [1.54, 1.807) is 23.5 Å². The van der Waals surface area contributed by atoms with Crippen LogP contribution in [0.3, 0.4) is 0 Å². The topological polar surface area (TPSA) is 88.2 Å². The second-order valence-electron chi connectivity index (χ2n) is 5.25. The minimum absolute atomic E-state index is 0.191. The van der Waals surface area contributed by atoms with Crippen LogP contribution >= 0.6 is 11.3 Å². The number of hydrogen-bond acceptors (Lipinski definition) is 7. The highest BCUT2D eigenvalue weighted by atomic mass is 32.1. The van der Waals surface area contributed by atoms with Gasteiger partial charge in [0.2, 0.25) is 0 Å². The lowest BCUT2D eigenvalue weighted by Crippen LogP contribution is -2.46. The Morgan fingerprint density at radius 1 is 1.14 bits per heavy atom. The van der Waals surface area contributed by atoms with Crippen molar-refractivity contribution >= 4 is 28.2 Å². The number of anilines is 2. The van der Waals surface area contributed by atoms with Crippen LogP contribution in [0.5, 0.6) is 0 Å². The van der Waals surface area contributed by atoms with Crippen LogP contribution in [0.4, 0.5) is 10.9 Å². The van der Waals surface area contributed by atoms with Gasteiger partial charge in [0.25, 0.3) is 5.91 Å². The van der Waals surface area contributed by atoms with Gasteiger partial charge in [-0.05, 0) is 26.0 Å². The van der Waals surface area contributed by atoms with Gasteiger partial charge in [0.1, 0.15) is 0 Å². The molecule has 7 nitrogen and oxygen atoms in total. The molecule has 1 aliphatic rings. The number of primary amides is 1. The Morgan fingerprint density at radius 3 is 2.32 bits per heavy atom. The van der Waals surface area contributed by atoms with Gasteiger partial charge in [-0.15, -0.1) is 21.5 Å². The molecular weight excluding hydrogens is 300 g/mol. The molecule has 0 saturated carbocycles. The summed E-state index contributed by atoms with van der Waals surface area (Å²) in [5.74, 6) is 0.217. The van der Waals surface area contributed by atoms with Crippen molar-refractivity contribution in [3.05, 3.63) is 28.4 Å². The zero-order valence-corrected chi connectivity index (χ0v) is 13.4. The Morgan fingerprint density at radius 2 is 1.82 bits per heavy atom. The minimum atomic E-state index is -0.557. The van der Waals surface area contributed by atoms with Crippen LogP contribution in [0.2, 0.25) is 0 Å². The van der Waals surface area contributed by atoms with Crippen LogP contribution in [-0.4, -0.2) is 47.3 Å². The Labute approximate surface area is 132 Å². The Hall–Kier alpha value is -2.22. The number of aryl methyl sites for hydroxylation is 2. The van der Waals surface area contributed by atoms with E-state index in [1.807, 2.05) is 6.92 Å². The zero-order valence-electron chi connectivity index (χ0n) is 12.6. The van der Waals surface area contributed by atoms with Crippen molar-refractivity contribution in [3.63, 3.8) is 0 Å². The molecule has 3 rings (SSSR count). The van der Waals surface area contributed by atoms with E-state index in [0.717, 1.165) is 42.8 Å². The third kappa shape index (κ3) is 2.87. The van der Waals surface area contributed by atoms with Gasteiger partial charge in [-0.25, -0.2) is 4.98 Å². The van der Waals surface area contributed by atoms with E-state index in [4.69, 9.17) is 5.73 Å². The highest BCUT2D eigenvalue weighted by Gasteiger charge is 2.21. The van der Waals surface area contributed by atoms with E-state index in [1.165, 1.54) is 4.88 Å². The molecule has 2 N–H and O–H groups in total. The van der Waals surface area contributed by atoms with Crippen LogP contribution in [0.1, 0.15) is 21.1 Å². The molecule has 1 aliphatic heterocycles. The summed E-state index contributed by atoms with van der Waals surface area (Å²) < 4.78 is 0. The zero-order chi connectivity index (χ0) is 15.7. The summed E-state index contributed by atoms with van der Waals surface area (Å²) in [6.45, 7) is 7.63. The first-order valence-electron chi connectivity index (χ1n) is 7.12. The van der Waals surface area contributed by atoms with Crippen LogP contribution < -0.4 is 15.5 Å². The highest BCUT2D eigenvalue weighted by molar-refractivity contribution is 7.15. The minimum Gasteiger partial charge on any atom is -0.364 e. The Balaban J connectivity index is 1.65. The van der Waals surface area contributed by atoms with Gasteiger partial charge >= 0.3 is 0 Å². The second kappa shape index (κ2) is 5.88. The van der Waals surface area contributed by atoms with Crippen molar-refractivity contribution in [1.82, 2.24) is 15.2 Å². The standard InChI is InChI=1S/C14H18N6OS/c1-9-10(2)22-14(16-9)20-7-5-19(6-8-20)12-4-3-11(13(15)21)17-18-12/h3-4H,5-8H2,1-2H3,(H2,15,21). The first kappa shape index (κ1) is 14.7. The fourth-order valence-corrected chi connectivity index (χ4v) is 3.30. The summed E-state index contributed by atoms with van der Waals surface area (Å²) in [6.07, 6.45) is 0. The number of hydrogen-bond donors (Lipinski definition) is 1. The van der Waals surface area contributed by atoms with Crippen LogP contribution in [0, 0.1) is 13.8 Å². The van der Waals surface area contributed by atoms with E-state index in [0.29, 0.717) is 0 Å². The maximum atomic E-state index is 11.0. The highest BCUT2D eigenvalue weighted by Crippen LogP contribution is 2.26. The molecule has 0 unspecified atom stereocenters. The van der Waals surface area contributed by atoms with Crippen LogP contribution in [0.25, 0.3) is 0 Å². The van der Waals surface area contributed by atoms with Gasteiger partial charge in [-0.3, -0.25) is 4.79 Å². The van der Waals surface area contributed by atoms with E-state index >= 15 is 0 Å². The maximum Gasteiger partial charge on any atom is 0.269 e. The molecule has 0 aliphatic carbocycles. The number of amides is 1. The third-order valence-corrected chi connectivity index (χ3v) is 4.93. The predicted molar refractivity (Wildman–Crippen MR) is 86.6 cm³/mol. The van der Waals surface area contributed by atoms with Gasteiger partial charge < -0.3 is 15.5 Å². The molecular formula is C14H18N6OS. The van der Waals surface area contributed by atoms with E-state index in [2.05, 4.69) is 31.9 Å². The summed E-state index contributed by atoms with van der Waals surface area (Å²) in [7, 11) is 0. The summed E-state index contributed by atoms with van der Waals surface area (Å²) in [5, 5.41) is 9.03. The van der Waals surface area contributed by atoms with Crippen molar-refractivity contribution in [2.24, 2.45) is 5.73 Å². The van der Waals surface area contributed by atoms with Crippen molar-refractivity contribution in [3.8, 4) is 0 Å². The molecule has 2 aromatic rings. The normalized spacial score (nSPS) is 15.2. The lowest BCUT2D eigenvalue weighted by Gasteiger charge is -2.35. The van der Waals surface area contributed by atoms with Crippen LogP contribution in [0.15, 0.2) is 12.1 Å². The molecule has 1 saturated heterocycles. The predicted octanol–water partition coefficient (Wildman–Crippen LogP) is 0.975. The molecule has 0 aromatic carbocycles. The quantitative estimate of drug-likeness (QED) is 0.907. The lowest BCUT2D eigenvalue weighted by atomic mass is 10.3. The molecule has 2 aromatic heterocycles. The first-order chi connectivity index (χ1) is 10.5. The average Bonchev–Trinajstić information content (AvgIpc) is 2.87. The number of rotatable bonds is 3. The number of nitrogens with two attached hydrogens (primary N) is 1. The van der Waals surface area contributed by atoms with Crippen molar-refractivity contribution in [1.29, 1.82) is 0 Å². The second-order valence-corrected chi connectivity index (χ2v) is 6.43. The van der Waals surface area contributed by atoms with Crippen LogP contribution in [-0.2, 0) is 0 Å². The maximum absolute atomic E-state index is 11.0. The fourth-order valence-electron chi connectivity index (χ4n) is 2.34. The smallest absolute Gasteiger partial charge is 0.269 e. The molecule has 0 radical (unpaired) electrons. The van der Waals surface area contributed by atoms with E-state index in [-0.39, 0.29) is 5.69 Å². The van der Waals surface area contributed by atoms with Gasteiger partial charge in [-0.2, -0.15) is 0 Å². The summed E-state index contributed by atoms with van der Waals surface area (Å²) in [6, 6.07) is 3.41. The first-order valence-corrected chi connectivity index (χ1v) is 7.93. The van der Waals surface area contributed by atoms with Gasteiger partial charge in [0, 0.05) is 31.1 Å². The van der Waals surface area contributed by atoms with Crippen molar-refractivity contribution in [2.45, 2.75) is 13.8 Å². The fraction of sp³-hybridized carbons (Fsp3) is 0.429. The monoisotopic (exact) mass is 318 g/mol. The lowest BCUT2D eigenvalue weighted by molar-refractivity contribution is 0.0994. The number of carbonyl (C=O) groups excluding carboxylic acids is 1. The van der Waals surface area contributed by atoms with Crippen molar-refractivity contribution < 1.29 is 4.79 Å². The molecule has 1 fully saturated rings. The van der Waals surface area contributed by atoms with Gasteiger partial charge in [0.05, 0.1) is 5.69 Å². The summed E-state index contributed by atoms with van der Waals surface area (Å²) in [4.78, 5) is 21.3. The Bertz CT molecular complexity index is 656. The molecule has 22 heavy (non-hydrogen) atoms. The van der Waals surface area contributed by atoms with Gasteiger partial charge in [-0.1, -0.05) is 0 Å². The number of thiazole rings is 1. The average molecular weight is 318 g/mol. The number of carbonyl (C=O) groups is 1. The number of piperazine rings is 1. The summed E-state index contributed by atoms with van der Waals surface area (Å²) in [5.41, 5.74) is 6.47. The summed E-state index contributed by atoms with van der Waals surface area (Å²) >= 11 is 1.74. The largest absolute Gasteiger partial charge is 0.364 e. The molecule has 0 spiro atoms. The molecule has 0 bridgehead atoms. The Kier molecular flexibility index (Phi) is 3.93. The molecule has 1 amide bonds. The molecule has 116 valence electrons. The third-order valence-electron chi connectivity index (χ3n) is 3.79. The van der Waals surface area contributed by atoms with E-state index < -0.39 is 5.91 Å². The van der Waals surface area contributed by atoms with Gasteiger partial charge in [0.15, 0.2) is 16.6 Å². The number of aromatic nitrogens is 3. The van der Waals surface area contributed by atoms with Crippen molar-refractivity contribution in [2.75, 3.05) is 36.0 Å². The van der Waals surface area contributed by atoms with E-state index in [9.17, 15) is 4.79 Å². The molecule has 0 atom stereocenters. The number of nitrogens with zero attached hydrogens (tertiary/aromatic N) is 5.